The van der Waals surface area contributed by atoms with Crippen molar-refractivity contribution in [3.05, 3.63) is 29.3 Å². The monoisotopic (exact) mass is 263 g/mol. The Morgan fingerprint density at radius 1 is 1.44 bits per heavy atom. The van der Waals surface area contributed by atoms with Crippen LogP contribution in [0.5, 0.6) is 5.75 Å². The Labute approximate surface area is 113 Å². The highest BCUT2D eigenvalue weighted by Gasteiger charge is 2.39. The molecule has 1 aliphatic heterocycles. The van der Waals surface area contributed by atoms with Gasteiger partial charge >= 0.3 is 0 Å². The summed E-state index contributed by atoms with van der Waals surface area (Å²) in [5, 5.41) is 3.80. The summed E-state index contributed by atoms with van der Waals surface area (Å²) in [5.41, 5.74) is 2.96. The predicted molar refractivity (Wildman–Crippen MR) is 77.2 cm³/mol. The quantitative estimate of drug-likeness (QED) is 0.841. The van der Waals surface area contributed by atoms with E-state index in [0.717, 1.165) is 18.2 Å². The van der Waals surface area contributed by atoms with E-state index in [1.807, 2.05) is 0 Å². The molecular weight excluding hydrogens is 242 g/mol. The van der Waals surface area contributed by atoms with Gasteiger partial charge in [-0.1, -0.05) is 13.0 Å². The zero-order valence-corrected chi connectivity index (χ0v) is 12.0. The average molecular weight is 263 g/mol. The Morgan fingerprint density at radius 3 is 3.06 bits per heavy atom. The molecule has 2 unspecified atom stereocenters. The molecule has 1 saturated heterocycles. The molecule has 3 heteroatoms. The molecule has 1 aliphatic carbocycles. The minimum Gasteiger partial charge on any atom is -0.497 e. The van der Waals surface area contributed by atoms with E-state index in [-0.39, 0.29) is 4.87 Å². The first-order chi connectivity index (χ1) is 8.73. The molecule has 1 fully saturated rings. The zero-order chi connectivity index (χ0) is 12.6. The number of nitrogens with one attached hydrogen (secondary N) is 1. The molecule has 0 radical (unpaired) electrons. The summed E-state index contributed by atoms with van der Waals surface area (Å²) in [7, 11) is 1.75. The Kier molecular flexibility index (Phi) is 3.29. The van der Waals surface area contributed by atoms with E-state index in [0.29, 0.717) is 0 Å². The van der Waals surface area contributed by atoms with Gasteiger partial charge in [0.25, 0.3) is 0 Å². The summed E-state index contributed by atoms with van der Waals surface area (Å²) in [6, 6.07) is 6.58. The number of benzene rings is 1. The van der Waals surface area contributed by atoms with Gasteiger partial charge in [0.15, 0.2) is 0 Å². The van der Waals surface area contributed by atoms with Gasteiger partial charge in [-0.15, -0.1) is 11.8 Å². The Balaban J connectivity index is 1.99. The van der Waals surface area contributed by atoms with E-state index >= 15 is 0 Å². The lowest BCUT2D eigenvalue weighted by Crippen LogP contribution is -2.48. The lowest BCUT2D eigenvalue weighted by atomic mass is 9.86. The molecule has 2 nitrogen and oxygen atoms in total. The minimum absolute atomic E-state index is 0.147. The minimum atomic E-state index is 0.147. The number of aryl methyl sites for hydroxylation is 1. The highest BCUT2D eigenvalue weighted by Crippen LogP contribution is 2.47. The lowest BCUT2D eigenvalue weighted by Gasteiger charge is -2.44. The molecular formula is C15H21NOS. The SMILES string of the molecule is COc1ccc2c(c1)C1(CCC2)NCC(C)CS1. The number of rotatable bonds is 1. The smallest absolute Gasteiger partial charge is 0.119 e. The number of fused-ring (bicyclic) bond motifs is 2. The van der Waals surface area contributed by atoms with Crippen molar-refractivity contribution in [1.29, 1.82) is 0 Å². The normalized spacial score (nSPS) is 31.1. The molecule has 0 saturated carbocycles. The van der Waals surface area contributed by atoms with E-state index in [4.69, 9.17) is 4.74 Å². The molecule has 0 amide bonds. The maximum absolute atomic E-state index is 5.40. The third-order valence-corrected chi connectivity index (χ3v) is 5.87. The molecule has 1 spiro atoms. The Morgan fingerprint density at radius 2 is 2.33 bits per heavy atom. The fourth-order valence-electron chi connectivity index (χ4n) is 3.01. The van der Waals surface area contributed by atoms with Crippen molar-refractivity contribution < 1.29 is 4.74 Å². The van der Waals surface area contributed by atoms with Crippen LogP contribution >= 0.6 is 11.8 Å². The zero-order valence-electron chi connectivity index (χ0n) is 11.2. The largest absolute Gasteiger partial charge is 0.497 e. The van der Waals surface area contributed by atoms with Crippen LogP contribution in [0.25, 0.3) is 0 Å². The van der Waals surface area contributed by atoms with Gasteiger partial charge in [0, 0.05) is 6.54 Å². The summed E-state index contributed by atoms with van der Waals surface area (Å²) in [5.74, 6) is 3.01. The van der Waals surface area contributed by atoms with Gasteiger partial charge in [0.05, 0.1) is 12.0 Å². The van der Waals surface area contributed by atoms with Crippen LogP contribution in [0.1, 0.15) is 30.9 Å². The van der Waals surface area contributed by atoms with Crippen molar-refractivity contribution in [1.82, 2.24) is 5.32 Å². The maximum Gasteiger partial charge on any atom is 0.119 e. The van der Waals surface area contributed by atoms with Crippen LogP contribution in [0.3, 0.4) is 0 Å². The van der Waals surface area contributed by atoms with Crippen molar-refractivity contribution in [2.45, 2.75) is 31.1 Å². The van der Waals surface area contributed by atoms with Gasteiger partial charge in [-0.3, -0.25) is 5.32 Å². The van der Waals surface area contributed by atoms with Crippen LogP contribution < -0.4 is 10.1 Å². The molecule has 18 heavy (non-hydrogen) atoms. The van der Waals surface area contributed by atoms with Gasteiger partial charge in [-0.2, -0.15) is 0 Å². The molecule has 1 aromatic rings. The number of thioether (sulfide) groups is 1. The Bertz CT molecular complexity index is 438. The first-order valence-corrected chi connectivity index (χ1v) is 7.78. The molecule has 98 valence electrons. The van der Waals surface area contributed by atoms with E-state index in [2.05, 4.69) is 42.2 Å². The summed E-state index contributed by atoms with van der Waals surface area (Å²) < 4.78 is 5.40. The molecule has 2 aliphatic rings. The first kappa shape index (κ1) is 12.4. The Hall–Kier alpha value is -0.670. The van der Waals surface area contributed by atoms with Crippen LogP contribution in [-0.2, 0) is 11.3 Å². The molecule has 0 bridgehead atoms. The second kappa shape index (κ2) is 4.78. The molecule has 0 aromatic heterocycles. The van der Waals surface area contributed by atoms with Crippen LogP contribution in [0.2, 0.25) is 0 Å². The van der Waals surface area contributed by atoms with Gasteiger partial charge in [0.2, 0.25) is 0 Å². The van der Waals surface area contributed by atoms with Crippen molar-refractivity contribution in [2.75, 3.05) is 19.4 Å². The summed E-state index contributed by atoms with van der Waals surface area (Å²) in [6.07, 6.45) is 3.73. The maximum atomic E-state index is 5.40. The van der Waals surface area contributed by atoms with Crippen LogP contribution in [0.4, 0.5) is 0 Å². The molecule has 3 rings (SSSR count). The summed E-state index contributed by atoms with van der Waals surface area (Å²) >= 11 is 2.09. The van der Waals surface area contributed by atoms with Crippen molar-refractivity contribution in [3.63, 3.8) is 0 Å². The van der Waals surface area contributed by atoms with Gasteiger partial charge in [-0.05, 0) is 54.2 Å². The number of methoxy groups -OCH3 is 1. The highest BCUT2D eigenvalue weighted by atomic mass is 32.2. The second-order valence-electron chi connectivity index (χ2n) is 5.50. The lowest BCUT2D eigenvalue weighted by molar-refractivity contribution is 0.368. The third-order valence-electron chi connectivity index (χ3n) is 4.08. The molecule has 1 heterocycles. The van der Waals surface area contributed by atoms with E-state index < -0.39 is 0 Å². The third kappa shape index (κ3) is 2.04. The number of hydrogen-bond acceptors (Lipinski definition) is 3. The number of ether oxygens (including phenoxy) is 1. The van der Waals surface area contributed by atoms with E-state index in [1.54, 1.807) is 7.11 Å². The molecule has 1 aromatic carbocycles. The van der Waals surface area contributed by atoms with E-state index in [1.165, 1.54) is 36.1 Å². The summed E-state index contributed by atoms with van der Waals surface area (Å²) in [6.45, 7) is 3.45. The molecule has 2 atom stereocenters. The summed E-state index contributed by atoms with van der Waals surface area (Å²) in [4.78, 5) is 0.147. The molecule has 1 N–H and O–H groups in total. The van der Waals surface area contributed by atoms with Crippen molar-refractivity contribution >= 4 is 11.8 Å². The first-order valence-electron chi connectivity index (χ1n) is 6.80. The standard InChI is InChI=1S/C15H21NOS/c1-11-9-16-15(18-10-11)7-3-4-12-5-6-13(17-2)8-14(12)15/h5-6,8,11,16H,3-4,7,9-10H2,1-2H3. The average Bonchev–Trinajstić information content (AvgIpc) is 2.42. The van der Waals surface area contributed by atoms with Gasteiger partial charge in [-0.25, -0.2) is 0 Å². The van der Waals surface area contributed by atoms with Crippen LogP contribution in [-0.4, -0.2) is 19.4 Å². The fraction of sp³-hybridized carbons (Fsp3) is 0.600. The van der Waals surface area contributed by atoms with Gasteiger partial charge < -0.3 is 4.74 Å². The predicted octanol–water partition coefficient (Wildman–Crippen LogP) is 3.16. The number of hydrogen-bond donors (Lipinski definition) is 1. The second-order valence-corrected chi connectivity index (χ2v) is 6.82. The van der Waals surface area contributed by atoms with Crippen LogP contribution in [0.15, 0.2) is 18.2 Å². The fourth-order valence-corrected chi connectivity index (χ4v) is 4.51. The van der Waals surface area contributed by atoms with Crippen LogP contribution in [0, 0.1) is 5.92 Å². The van der Waals surface area contributed by atoms with E-state index in [9.17, 15) is 0 Å². The van der Waals surface area contributed by atoms with Crippen molar-refractivity contribution in [3.8, 4) is 5.75 Å². The highest BCUT2D eigenvalue weighted by molar-refractivity contribution is 8.00. The topological polar surface area (TPSA) is 21.3 Å². The van der Waals surface area contributed by atoms with Gasteiger partial charge in [0.1, 0.15) is 5.75 Å². The van der Waals surface area contributed by atoms with Crippen molar-refractivity contribution in [2.24, 2.45) is 5.92 Å².